The molecule has 3 nitrogen and oxygen atoms in total. The average molecular weight is 305 g/mol. The van der Waals surface area contributed by atoms with Crippen LogP contribution in [0.15, 0.2) is 10.5 Å². The van der Waals surface area contributed by atoms with E-state index in [9.17, 15) is 0 Å². The first-order valence-electron chi connectivity index (χ1n) is 5.48. The molecule has 0 aromatic carbocycles. The number of nitrogens with two attached hydrogens (primary N) is 1. The van der Waals surface area contributed by atoms with Crippen LogP contribution < -0.4 is 5.73 Å². The number of morpholine rings is 1. The van der Waals surface area contributed by atoms with Crippen LogP contribution in [0.25, 0.3) is 0 Å². The second-order valence-electron chi connectivity index (χ2n) is 4.08. The van der Waals surface area contributed by atoms with Gasteiger partial charge in [0.15, 0.2) is 0 Å². The smallest absolute Gasteiger partial charge is 0.0824 e. The second kappa shape index (κ2) is 5.60. The molecule has 1 aliphatic rings. The lowest BCUT2D eigenvalue weighted by Crippen LogP contribution is -2.44. The van der Waals surface area contributed by atoms with Crippen LogP contribution in [0.2, 0.25) is 0 Å². The predicted octanol–water partition coefficient (Wildman–Crippen LogP) is 1.98. The number of thiophene rings is 1. The molecule has 1 unspecified atom stereocenters. The Morgan fingerprint density at radius 2 is 2.50 bits per heavy atom. The van der Waals surface area contributed by atoms with Gasteiger partial charge in [-0.1, -0.05) is 0 Å². The van der Waals surface area contributed by atoms with Crippen molar-refractivity contribution in [3.8, 4) is 0 Å². The first-order chi connectivity index (χ1) is 7.69. The maximum Gasteiger partial charge on any atom is 0.0824 e. The molecular formula is C11H17BrN2OS. The highest BCUT2D eigenvalue weighted by molar-refractivity contribution is 9.10. The quantitative estimate of drug-likeness (QED) is 0.928. The fraction of sp³-hybridized carbons (Fsp3) is 0.636. The summed E-state index contributed by atoms with van der Waals surface area (Å²) in [5.41, 5.74) is 5.63. The maximum atomic E-state index is 5.63. The molecule has 16 heavy (non-hydrogen) atoms. The number of nitrogens with zero attached hydrogens (tertiary/aromatic N) is 1. The lowest BCUT2D eigenvalue weighted by molar-refractivity contribution is -0.0257. The van der Waals surface area contributed by atoms with E-state index in [2.05, 4.69) is 33.8 Å². The number of ether oxygens (including phenoxy) is 1. The molecule has 5 heteroatoms. The summed E-state index contributed by atoms with van der Waals surface area (Å²) < 4.78 is 6.77. The highest BCUT2D eigenvalue weighted by atomic mass is 79.9. The lowest BCUT2D eigenvalue weighted by atomic mass is 10.2. The van der Waals surface area contributed by atoms with Gasteiger partial charge in [-0.2, -0.15) is 0 Å². The molecule has 0 bridgehead atoms. The number of hydrogen-bond donors (Lipinski definition) is 1. The van der Waals surface area contributed by atoms with E-state index < -0.39 is 0 Å². The topological polar surface area (TPSA) is 38.5 Å². The summed E-state index contributed by atoms with van der Waals surface area (Å²) in [5.74, 6) is 0. The molecule has 0 radical (unpaired) electrons. The molecule has 1 aliphatic heterocycles. The average Bonchev–Trinajstić information content (AvgIpc) is 2.58. The Hall–Kier alpha value is 0.0600. The van der Waals surface area contributed by atoms with Crippen LogP contribution in [0.3, 0.4) is 0 Å². The van der Waals surface area contributed by atoms with E-state index in [1.807, 2.05) is 11.3 Å². The van der Waals surface area contributed by atoms with Crippen molar-refractivity contribution in [2.45, 2.75) is 19.6 Å². The summed E-state index contributed by atoms with van der Waals surface area (Å²) in [6.07, 6.45) is 0.207. The van der Waals surface area contributed by atoms with E-state index in [4.69, 9.17) is 10.5 Å². The van der Waals surface area contributed by atoms with E-state index in [0.29, 0.717) is 6.54 Å². The van der Waals surface area contributed by atoms with Crippen molar-refractivity contribution in [2.24, 2.45) is 5.73 Å². The molecular weight excluding hydrogens is 288 g/mol. The van der Waals surface area contributed by atoms with E-state index in [-0.39, 0.29) is 6.10 Å². The Labute approximate surface area is 109 Å². The van der Waals surface area contributed by atoms with Gasteiger partial charge in [-0.3, -0.25) is 4.90 Å². The molecule has 2 heterocycles. The van der Waals surface area contributed by atoms with Gasteiger partial charge in [-0.15, -0.1) is 11.3 Å². The van der Waals surface area contributed by atoms with Crippen LogP contribution in [-0.4, -0.2) is 37.2 Å². The SMILES string of the molecule is Cc1sc(CN2CCOC(CN)C2)cc1Br. The summed E-state index contributed by atoms with van der Waals surface area (Å²) in [4.78, 5) is 5.17. The molecule has 2 N–H and O–H groups in total. The Kier molecular flexibility index (Phi) is 4.38. The minimum atomic E-state index is 0.207. The fourth-order valence-corrected chi connectivity index (χ4v) is 3.53. The molecule has 0 saturated carbocycles. The van der Waals surface area contributed by atoms with Gasteiger partial charge >= 0.3 is 0 Å². The predicted molar refractivity (Wildman–Crippen MR) is 70.8 cm³/mol. The lowest BCUT2D eigenvalue weighted by Gasteiger charge is -2.31. The fourth-order valence-electron chi connectivity index (χ4n) is 1.88. The Morgan fingerprint density at radius 3 is 3.12 bits per heavy atom. The number of rotatable bonds is 3. The molecule has 1 fully saturated rings. The summed E-state index contributed by atoms with van der Waals surface area (Å²) >= 11 is 5.41. The van der Waals surface area contributed by atoms with Crippen molar-refractivity contribution < 1.29 is 4.74 Å². The molecule has 0 amide bonds. The summed E-state index contributed by atoms with van der Waals surface area (Å²) in [5, 5.41) is 0. The Morgan fingerprint density at radius 1 is 1.69 bits per heavy atom. The monoisotopic (exact) mass is 304 g/mol. The third-order valence-electron chi connectivity index (χ3n) is 2.77. The standard InChI is InChI=1S/C11H17BrN2OS/c1-8-11(12)4-10(16-8)7-14-2-3-15-9(5-13)6-14/h4,9H,2-3,5-7,13H2,1H3. The van der Waals surface area contributed by atoms with Gasteiger partial charge in [0.05, 0.1) is 12.7 Å². The summed E-state index contributed by atoms with van der Waals surface area (Å²) in [7, 11) is 0. The Balaban J connectivity index is 1.93. The zero-order chi connectivity index (χ0) is 11.5. The van der Waals surface area contributed by atoms with E-state index in [0.717, 1.165) is 26.2 Å². The van der Waals surface area contributed by atoms with E-state index in [1.54, 1.807) is 0 Å². The molecule has 90 valence electrons. The van der Waals surface area contributed by atoms with Crippen molar-refractivity contribution in [1.82, 2.24) is 4.90 Å². The molecule has 1 saturated heterocycles. The molecule has 1 aromatic rings. The van der Waals surface area contributed by atoms with Gasteiger partial charge in [-0.05, 0) is 28.9 Å². The van der Waals surface area contributed by atoms with Crippen LogP contribution in [0.5, 0.6) is 0 Å². The number of hydrogen-bond acceptors (Lipinski definition) is 4. The van der Waals surface area contributed by atoms with Crippen LogP contribution in [0.1, 0.15) is 9.75 Å². The minimum Gasteiger partial charge on any atom is -0.374 e. The van der Waals surface area contributed by atoms with E-state index in [1.165, 1.54) is 14.2 Å². The third kappa shape index (κ3) is 3.05. The highest BCUT2D eigenvalue weighted by Crippen LogP contribution is 2.27. The van der Waals surface area contributed by atoms with Crippen molar-refractivity contribution in [3.63, 3.8) is 0 Å². The van der Waals surface area contributed by atoms with Gasteiger partial charge in [0, 0.05) is 40.4 Å². The van der Waals surface area contributed by atoms with Gasteiger partial charge < -0.3 is 10.5 Å². The van der Waals surface area contributed by atoms with Crippen molar-refractivity contribution >= 4 is 27.3 Å². The van der Waals surface area contributed by atoms with Gasteiger partial charge in [0.2, 0.25) is 0 Å². The highest BCUT2D eigenvalue weighted by Gasteiger charge is 2.19. The minimum absolute atomic E-state index is 0.207. The third-order valence-corrected chi connectivity index (χ3v) is 4.89. The van der Waals surface area contributed by atoms with Gasteiger partial charge in [-0.25, -0.2) is 0 Å². The first kappa shape index (κ1) is 12.5. The molecule has 1 atom stereocenters. The largest absolute Gasteiger partial charge is 0.374 e. The van der Waals surface area contributed by atoms with E-state index >= 15 is 0 Å². The number of aryl methyl sites for hydroxylation is 1. The molecule has 2 rings (SSSR count). The molecule has 1 aromatic heterocycles. The van der Waals surface area contributed by atoms with Crippen molar-refractivity contribution in [1.29, 1.82) is 0 Å². The van der Waals surface area contributed by atoms with Gasteiger partial charge in [0.1, 0.15) is 0 Å². The number of halogens is 1. The Bertz CT molecular complexity index is 336. The normalized spacial score (nSPS) is 22.6. The van der Waals surface area contributed by atoms with Crippen LogP contribution in [0, 0.1) is 6.92 Å². The maximum absolute atomic E-state index is 5.63. The van der Waals surface area contributed by atoms with Crippen molar-refractivity contribution in [2.75, 3.05) is 26.2 Å². The van der Waals surface area contributed by atoms with Gasteiger partial charge in [0.25, 0.3) is 0 Å². The summed E-state index contributed by atoms with van der Waals surface area (Å²) in [6, 6.07) is 2.22. The van der Waals surface area contributed by atoms with Crippen molar-refractivity contribution in [3.05, 3.63) is 20.3 Å². The molecule has 0 spiro atoms. The molecule has 0 aliphatic carbocycles. The second-order valence-corrected chi connectivity index (χ2v) is 6.28. The van der Waals surface area contributed by atoms with Crippen LogP contribution in [-0.2, 0) is 11.3 Å². The van der Waals surface area contributed by atoms with Crippen LogP contribution >= 0.6 is 27.3 Å². The first-order valence-corrected chi connectivity index (χ1v) is 7.09. The zero-order valence-corrected chi connectivity index (χ0v) is 11.8. The zero-order valence-electron chi connectivity index (χ0n) is 9.41. The van der Waals surface area contributed by atoms with Crippen LogP contribution in [0.4, 0.5) is 0 Å². The summed E-state index contributed by atoms with van der Waals surface area (Å²) in [6.45, 7) is 6.52.